The number of hydrogen-bond donors (Lipinski definition) is 2. The van der Waals surface area contributed by atoms with E-state index in [1.54, 1.807) is 0 Å². The van der Waals surface area contributed by atoms with Crippen molar-refractivity contribution in [2.75, 3.05) is 26.3 Å². The van der Waals surface area contributed by atoms with Crippen molar-refractivity contribution in [2.24, 2.45) is 5.92 Å². The SMILES string of the molecule is CCCOCC(C)(O)CCNCC(C)C. The molecule has 0 aliphatic carbocycles. The third-order valence-corrected chi connectivity index (χ3v) is 2.15. The highest BCUT2D eigenvalue weighted by molar-refractivity contribution is 4.73. The van der Waals surface area contributed by atoms with Crippen molar-refractivity contribution in [1.82, 2.24) is 5.32 Å². The molecule has 0 aliphatic heterocycles. The van der Waals surface area contributed by atoms with Gasteiger partial charge in [0.1, 0.15) is 0 Å². The maximum absolute atomic E-state index is 9.94. The van der Waals surface area contributed by atoms with E-state index in [0.29, 0.717) is 12.5 Å². The Morgan fingerprint density at radius 2 is 2.07 bits per heavy atom. The standard InChI is InChI=1S/C12H27NO2/c1-5-8-15-10-12(4,14)6-7-13-9-11(2)3/h11,13-14H,5-10H2,1-4H3. The molecule has 3 nitrogen and oxygen atoms in total. The lowest BCUT2D eigenvalue weighted by molar-refractivity contribution is -0.0381. The molecule has 2 N–H and O–H groups in total. The number of hydrogen-bond acceptors (Lipinski definition) is 3. The van der Waals surface area contributed by atoms with Crippen LogP contribution in [0.25, 0.3) is 0 Å². The Labute approximate surface area is 94.2 Å². The molecule has 0 spiro atoms. The zero-order valence-corrected chi connectivity index (χ0v) is 10.7. The maximum Gasteiger partial charge on any atom is 0.0864 e. The smallest absolute Gasteiger partial charge is 0.0864 e. The highest BCUT2D eigenvalue weighted by Gasteiger charge is 2.19. The Kier molecular flexibility index (Phi) is 8.02. The van der Waals surface area contributed by atoms with E-state index in [-0.39, 0.29) is 0 Å². The minimum atomic E-state index is -0.695. The highest BCUT2D eigenvalue weighted by atomic mass is 16.5. The molecule has 92 valence electrons. The molecule has 0 saturated carbocycles. The van der Waals surface area contributed by atoms with Crippen LogP contribution >= 0.6 is 0 Å². The number of ether oxygens (including phenoxy) is 1. The van der Waals surface area contributed by atoms with E-state index in [1.807, 2.05) is 6.92 Å². The quantitative estimate of drug-likeness (QED) is 0.579. The van der Waals surface area contributed by atoms with Gasteiger partial charge in [0.05, 0.1) is 12.2 Å². The van der Waals surface area contributed by atoms with E-state index >= 15 is 0 Å². The van der Waals surface area contributed by atoms with Gasteiger partial charge < -0.3 is 15.2 Å². The summed E-state index contributed by atoms with van der Waals surface area (Å²) in [5.41, 5.74) is -0.695. The monoisotopic (exact) mass is 217 g/mol. The van der Waals surface area contributed by atoms with Crippen LogP contribution in [0.2, 0.25) is 0 Å². The van der Waals surface area contributed by atoms with Crippen LogP contribution < -0.4 is 5.32 Å². The predicted octanol–water partition coefficient (Wildman–Crippen LogP) is 1.80. The van der Waals surface area contributed by atoms with Gasteiger partial charge in [0.15, 0.2) is 0 Å². The Hall–Kier alpha value is -0.120. The van der Waals surface area contributed by atoms with Crippen LogP contribution in [-0.2, 0) is 4.74 Å². The lowest BCUT2D eigenvalue weighted by atomic mass is 10.0. The van der Waals surface area contributed by atoms with Crippen LogP contribution in [-0.4, -0.2) is 37.0 Å². The van der Waals surface area contributed by atoms with Gasteiger partial charge in [-0.2, -0.15) is 0 Å². The van der Waals surface area contributed by atoms with Gasteiger partial charge in [-0.3, -0.25) is 0 Å². The summed E-state index contributed by atoms with van der Waals surface area (Å²) in [4.78, 5) is 0. The van der Waals surface area contributed by atoms with Gasteiger partial charge in [-0.05, 0) is 38.8 Å². The summed E-state index contributed by atoms with van der Waals surface area (Å²) >= 11 is 0. The van der Waals surface area contributed by atoms with Crippen molar-refractivity contribution in [3.8, 4) is 0 Å². The van der Waals surface area contributed by atoms with Crippen molar-refractivity contribution in [2.45, 2.75) is 46.1 Å². The van der Waals surface area contributed by atoms with Crippen LogP contribution in [0.1, 0.15) is 40.5 Å². The first-order chi connectivity index (χ1) is 6.98. The van der Waals surface area contributed by atoms with Crippen molar-refractivity contribution in [1.29, 1.82) is 0 Å². The molecule has 0 radical (unpaired) electrons. The van der Waals surface area contributed by atoms with E-state index in [1.165, 1.54) is 0 Å². The summed E-state index contributed by atoms with van der Waals surface area (Å²) in [7, 11) is 0. The largest absolute Gasteiger partial charge is 0.388 e. The Morgan fingerprint density at radius 1 is 1.40 bits per heavy atom. The van der Waals surface area contributed by atoms with Crippen molar-refractivity contribution >= 4 is 0 Å². The molecule has 1 unspecified atom stereocenters. The van der Waals surface area contributed by atoms with Crippen LogP contribution in [0.3, 0.4) is 0 Å². The molecule has 3 heteroatoms. The number of rotatable bonds is 9. The van der Waals surface area contributed by atoms with Gasteiger partial charge in [0.2, 0.25) is 0 Å². The average molecular weight is 217 g/mol. The molecule has 0 bridgehead atoms. The van der Waals surface area contributed by atoms with Crippen LogP contribution in [0.15, 0.2) is 0 Å². The van der Waals surface area contributed by atoms with Gasteiger partial charge in [-0.1, -0.05) is 20.8 Å². The molecule has 0 aliphatic rings. The van der Waals surface area contributed by atoms with Crippen molar-refractivity contribution < 1.29 is 9.84 Å². The van der Waals surface area contributed by atoms with Gasteiger partial charge in [-0.15, -0.1) is 0 Å². The predicted molar refractivity (Wildman–Crippen MR) is 64.1 cm³/mol. The Morgan fingerprint density at radius 3 is 2.60 bits per heavy atom. The van der Waals surface area contributed by atoms with E-state index in [0.717, 1.165) is 32.5 Å². The third-order valence-electron chi connectivity index (χ3n) is 2.15. The van der Waals surface area contributed by atoms with E-state index in [2.05, 4.69) is 26.1 Å². The van der Waals surface area contributed by atoms with E-state index in [9.17, 15) is 5.11 Å². The molecule has 0 amide bonds. The summed E-state index contributed by atoms with van der Waals surface area (Å²) in [5, 5.41) is 13.3. The number of nitrogens with one attached hydrogen (secondary N) is 1. The average Bonchev–Trinajstić information content (AvgIpc) is 2.13. The molecule has 0 aromatic carbocycles. The normalized spacial score (nSPS) is 15.6. The maximum atomic E-state index is 9.94. The Bertz CT molecular complexity index is 147. The van der Waals surface area contributed by atoms with Crippen LogP contribution in [0.4, 0.5) is 0 Å². The highest BCUT2D eigenvalue weighted by Crippen LogP contribution is 2.08. The molecule has 0 aromatic heterocycles. The molecule has 1 atom stereocenters. The molecule has 15 heavy (non-hydrogen) atoms. The Balaban J connectivity index is 3.46. The molecular weight excluding hydrogens is 190 g/mol. The van der Waals surface area contributed by atoms with Gasteiger partial charge in [0, 0.05) is 6.61 Å². The zero-order valence-electron chi connectivity index (χ0n) is 10.7. The van der Waals surface area contributed by atoms with Gasteiger partial charge >= 0.3 is 0 Å². The first-order valence-corrected chi connectivity index (χ1v) is 5.99. The first kappa shape index (κ1) is 14.9. The van der Waals surface area contributed by atoms with Gasteiger partial charge in [-0.25, -0.2) is 0 Å². The molecule has 0 heterocycles. The summed E-state index contributed by atoms with van der Waals surface area (Å²) in [6.07, 6.45) is 1.74. The van der Waals surface area contributed by atoms with Crippen molar-refractivity contribution in [3.63, 3.8) is 0 Å². The zero-order chi connectivity index (χ0) is 11.7. The molecule has 0 saturated heterocycles. The third kappa shape index (κ3) is 10.2. The summed E-state index contributed by atoms with van der Waals surface area (Å²) in [6.45, 7) is 11.3. The molecular formula is C12H27NO2. The minimum absolute atomic E-state index is 0.435. The fraction of sp³-hybridized carbons (Fsp3) is 1.00. The summed E-state index contributed by atoms with van der Waals surface area (Å²) in [5.74, 6) is 0.659. The topological polar surface area (TPSA) is 41.5 Å². The van der Waals surface area contributed by atoms with Crippen molar-refractivity contribution in [3.05, 3.63) is 0 Å². The van der Waals surface area contributed by atoms with Gasteiger partial charge in [0.25, 0.3) is 0 Å². The molecule has 0 aromatic rings. The second-order valence-corrected chi connectivity index (χ2v) is 4.90. The second-order valence-electron chi connectivity index (χ2n) is 4.90. The first-order valence-electron chi connectivity index (χ1n) is 5.99. The fourth-order valence-electron chi connectivity index (χ4n) is 1.26. The van der Waals surface area contributed by atoms with Crippen LogP contribution in [0, 0.1) is 5.92 Å². The second kappa shape index (κ2) is 8.08. The molecule has 0 rings (SSSR count). The lowest BCUT2D eigenvalue weighted by Gasteiger charge is -2.23. The minimum Gasteiger partial charge on any atom is -0.388 e. The van der Waals surface area contributed by atoms with Crippen LogP contribution in [0.5, 0.6) is 0 Å². The fourth-order valence-corrected chi connectivity index (χ4v) is 1.26. The van der Waals surface area contributed by atoms with E-state index < -0.39 is 5.60 Å². The summed E-state index contributed by atoms with van der Waals surface area (Å²) in [6, 6.07) is 0. The summed E-state index contributed by atoms with van der Waals surface area (Å²) < 4.78 is 5.35. The number of aliphatic hydroxyl groups is 1. The lowest BCUT2D eigenvalue weighted by Crippen LogP contribution is -2.35. The van der Waals surface area contributed by atoms with E-state index in [4.69, 9.17) is 4.74 Å². The molecule has 0 fully saturated rings.